The van der Waals surface area contributed by atoms with Crippen LogP contribution in [0.5, 0.6) is 0 Å². The van der Waals surface area contributed by atoms with Gasteiger partial charge in [-0.1, -0.05) is 24.3 Å². The molecule has 0 bridgehead atoms. The predicted molar refractivity (Wildman–Crippen MR) is 99.5 cm³/mol. The van der Waals surface area contributed by atoms with Crippen molar-refractivity contribution in [1.29, 1.82) is 0 Å². The molecule has 2 N–H and O–H groups in total. The van der Waals surface area contributed by atoms with Gasteiger partial charge in [0.15, 0.2) is 0 Å². The molecular formula is C17H20ClN3O3S. The SMILES string of the molecule is Cl.NC1CCN(C(=O)CN2c3cccc4cccc(c34)S2(=O)=O)CC1. The van der Waals surface area contributed by atoms with Crippen LogP contribution in [0.3, 0.4) is 0 Å². The largest absolute Gasteiger partial charge is 0.341 e. The highest BCUT2D eigenvalue weighted by Crippen LogP contribution is 2.41. The number of benzene rings is 2. The monoisotopic (exact) mass is 381 g/mol. The third kappa shape index (κ3) is 2.86. The van der Waals surface area contributed by atoms with E-state index in [1.54, 1.807) is 23.1 Å². The first-order valence-corrected chi connectivity index (χ1v) is 9.50. The lowest BCUT2D eigenvalue weighted by atomic mass is 10.1. The lowest BCUT2D eigenvalue weighted by Gasteiger charge is -2.31. The van der Waals surface area contributed by atoms with Gasteiger partial charge in [0.25, 0.3) is 10.0 Å². The van der Waals surface area contributed by atoms with Crippen molar-refractivity contribution in [2.75, 3.05) is 23.9 Å². The predicted octanol–water partition coefficient (Wildman–Crippen LogP) is 1.72. The standard InChI is InChI=1S/C17H19N3O3S.ClH/c18-13-7-9-19(10-8-13)16(21)11-20-14-5-1-3-12-4-2-6-15(17(12)14)24(20,22)23;/h1-6,13H,7-11,18H2;1H. The van der Waals surface area contributed by atoms with Crippen molar-refractivity contribution in [2.24, 2.45) is 5.73 Å². The number of sulfonamides is 1. The molecule has 0 saturated carbocycles. The van der Waals surface area contributed by atoms with E-state index in [0.29, 0.717) is 24.2 Å². The van der Waals surface area contributed by atoms with Crippen molar-refractivity contribution >= 4 is 44.8 Å². The number of anilines is 1. The summed E-state index contributed by atoms with van der Waals surface area (Å²) in [6.07, 6.45) is 1.52. The number of carbonyl (C=O) groups is 1. The Morgan fingerprint density at radius 1 is 1.12 bits per heavy atom. The summed E-state index contributed by atoms with van der Waals surface area (Å²) in [5.41, 5.74) is 6.46. The summed E-state index contributed by atoms with van der Waals surface area (Å²) in [6, 6.07) is 10.8. The molecule has 6 nitrogen and oxygen atoms in total. The molecule has 1 saturated heterocycles. The van der Waals surface area contributed by atoms with Gasteiger partial charge in [0, 0.05) is 24.5 Å². The topological polar surface area (TPSA) is 83.7 Å². The molecule has 2 aliphatic heterocycles. The summed E-state index contributed by atoms with van der Waals surface area (Å²) in [5.74, 6) is -0.171. The molecule has 0 aromatic heterocycles. The number of hydrogen-bond acceptors (Lipinski definition) is 4. The van der Waals surface area contributed by atoms with Crippen molar-refractivity contribution < 1.29 is 13.2 Å². The molecule has 8 heteroatoms. The number of amides is 1. The number of piperidine rings is 1. The van der Waals surface area contributed by atoms with E-state index in [4.69, 9.17) is 5.73 Å². The first-order valence-electron chi connectivity index (χ1n) is 8.06. The minimum atomic E-state index is -3.68. The Bertz CT molecular complexity index is 919. The Morgan fingerprint density at radius 3 is 2.44 bits per heavy atom. The van der Waals surface area contributed by atoms with E-state index in [1.807, 2.05) is 18.2 Å². The van der Waals surface area contributed by atoms with E-state index in [-0.39, 0.29) is 35.8 Å². The van der Waals surface area contributed by atoms with E-state index >= 15 is 0 Å². The quantitative estimate of drug-likeness (QED) is 0.858. The van der Waals surface area contributed by atoms with Crippen molar-refractivity contribution in [3.8, 4) is 0 Å². The molecule has 0 atom stereocenters. The Kier molecular flexibility index (Phi) is 4.66. The average molecular weight is 382 g/mol. The van der Waals surface area contributed by atoms with Crippen LogP contribution in [-0.2, 0) is 14.8 Å². The van der Waals surface area contributed by atoms with Gasteiger partial charge in [-0.2, -0.15) is 0 Å². The van der Waals surface area contributed by atoms with Crippen LogP contribution in [0.25, 0.3) is 10.8 Å². The number of halogens is 1. The Labute approximate surface area is 153 Å². The first-order chi connectivity index (χ1) is 11.5. The second kappa shape index (κ2) is 6.48. The Balaban J connectivity index is 0.00000182. The summed E-state index contributed by atoms with van der Waals surface area (Å²) in [7, 11) is -3.68. The van der Waals surface area contributed by atoms with Gasteiger partial charge in [0.1, 0.15) is 6.54 Å². The van der Waals surface area contributed by atoms with Gasteiger partial charge in [0.05, 0.1) is 10.6 Å². The molecule has 2 aromatic carbocycles. The first kappa shape index (κ1) is 18.0. The maximum atomic E-state index is 12.9. The molecule has 0 aliphatic carbocycles. The molecular weight excluding hydrogens is 362 g/mol. The lowest BCUT2D eigenvalue weighted by molar-refractivity contribution is -0.130. The maximum Gasteiger partial charge on any atom is 0.265 e. The van der Waals surface area contributed by atoms with Crippen LogP contribution in [0.2, 0.25) is 0 Å². The van der Waals surface area contributed by atoms with Gasteiger partial charge >= 0.3 is 0 Å². The molecule has 2 aliphatic rings. The minimum Gasteiger partial charge on any atom is -0.341 e. The van der Waals surface area contributed by atoms with Gasteiger partial charge in [-0.25, -0.2) is 8.42 Å². The smallest absolute Gasteiger partial charge is 0.265 e. The van der Waals surface area contributed by atoms with Crippen molar-refractivity contribution in [2.45, 2.75) is 23.8 Å². The van der Waals surface area contributed by atoms with Crippen molar-refractivity contribution in [1.82, 2.24) is 4.90 Å². The number of rotatable bonds is 2. The number of carbonyl (C=O) groups excluding carboxylic acids is 1. The summed E-state index contributed by atoms with van der Waals surface area (Å²) in [5, 5.41) is 1.57. The fraction of sp³-hybridized carbons (Fsp3) is 0.353. The molecule has 0 spiro atoms. The van der Waals surface area contributed by atoms with E-state index in [1.165, 1.54) is 4.31 Å². The normalized spacial score (nSPS) is 19.1. The zero-order valence-corrected chi connectivity index (χ0v) is 15.2. The van der Waals surface area contributed by atoms with Gasteiger partial charge in [-0.05, 0) is 30.4 Å². The van der Waals surface area contributed by atoms with Crippen LogP contribution in [0.4, 0.5) is 5.69 Å². The van der Waals surface area contributed by atoms with Crippen LogP contribution in [0, 0.1) is 0 Å². The van der Waals surface area contributed by atoms with E-state index in [2.05, 4.69) is 0 Å². The van der Waals surface area contributed by atoms with Crippen LogP contribution in [0.1, 0.15) is 12.8 Å². The molecule has 2 aromatic rings. The number of nitrogens with zero attached hydrogens (tertiary/aromatic N) is 2. The number of hydrogen-bond donors (Lipinski definition) is 1. The second-order valence-electron chi connectivity index (χ2n) is 6.36. The van der Waals surface area contributed by atoms with Gasteiger partial charge in [-0.15, -0.1) is 12.4 Å². The van der Waals surface area contributed by atoms with Crippen LogP contribution in [0.15, 0.2) is 41.3 Å². The fourth-order valence-corrected chi connectivity index (χ4v) is 5.16. The highest BCUT2D eigenvalue weighted by Gasteiger charge is 2.37. The molecule has 25 heavy (non-hydrogen) atoms. The molecule has 0 radical (unpaired) electrons. The molecule has 1 fully saturated rings. The Hall–Kier alpha value is -1.83. The van der Waals surface area contributed by atoms with Crippen LogP contribution < -0.4 is 10.0 Å². The third-order valence-electron chi connectivity index (χ3n) is 4.85. The highest BCUT2D eigenvalue weighted by atomic mass is 35.5. The molecule has 4 rings (SSSR count). The van der Waals surface area contributed by atoms with Crippen LogP contribution in [-0.4, -0.2) is 44.9 Å². The van der Waals surface area contributed by atoms with Crippen molar-refractivity contribution in [3.63, 3.8) is 0 Å². The molecule has 1 amide bonds. The minimum absolute atomic E-state index is 0. The van der Waals surface area contributed by atoms with Gasteiger partial charge in [-0.3, -0.25) is 9.10 Å². The highest BCUT2D eigenvalue weighted by molar-refractivity contribution is 7.93. The second-order valence-corrected chi connectivity index (χ2v) is 8.19. The summed E-state index contributed by atoms with van der Waals surface area (Å²) in [4.78, 5) is 14.6. The average Bonchev–Trinajstić information content (AvgIpc) is 2.79. The van der Waals surface area contributed by atoms with Gasteiger partial charge < -0.3 is 10.6 Å². The zero-order valence-electron chi connectivity index (χ0n) is 13.6. The molecule has 0 unspecified atom stereocenters. The fourth-order valence-electron chi connectivity index (χ4n) is 3.50. The summed E-state index contributed by atoms with van der Waals surface area (Å²) < 4.78 is 27.0. The maximum absolute atomic E-state index is 12.9. The lowest BCUT2D eigenvalue weighted by Crippen LogP contribution is -2.47. The number of nitrogens with two attached hydrogens (primary N) is 1. The third-order valence-corrected chi connectivity index (χ3v) is 6.65. The van der Waals surface area contributed by atoms with Crippen LogP contribution >= 0.6 is 12.4 Å². The summed E-state index contributed by atoms with van der Waals surface area (Å²) >= 11 is 0. The number of likely N-dealkylation sites (tertiary alicyclic amines) is 1. The zero-order chi connectivity index (χ0) is 16.9. The van der Waals surface area contributed by atoms with Gasteiger partial charge in [0.2, 0.25) is 5.91 Å². The van der Waals surface area contributed by atoms with E-state index in [0.717, 1.165) is 18.2 Å². The molecule has 134 valence electrons. The summed E-state index contributed by atoms with van der Waals surface area (Å²) in [6.45, 7) is 1.02. The van der Waals surface area contributed by atoms with E-state index < -0.39 is 10.0 Å². The molecule has 2 heterocycles. The van der Waals surface area contributed by atoms with E-state index in [9.17, 15) is 13.2 Å². The Morgan fingerprint density at radius 2 is 1.76 bits per heavy atom. The van der Waals surface area contributed by atoms with Crippen molar-refractivity contribution in [3.05, 3.63) is 36.4 Å².